The van der Waals surface area contributed by atoms with Crippen molar-refractivity contribution in [2.24, 2.45) is 7.05 Å². The number of nitrogens with zero attached hydrogens (tertiary/aromatic N) is 1. The van der Waals surface area contributed by atoms with E-state index in [4.69, 9.17) is 4.74 Å². The number of rotatable bonds is 4. The maximum atomic E-state index is 5.77. The first kappa shape index (κ1) is 13.0. The van der Waals surface area contributed by atoms with E-state index >= 15 is 0 Å². The second-order valence-corrected chi connectivity index (χ2v) is 5.00. The fourth-order valence-corrected chi connectivity index (χ4v) is 2.37. The molecular weight excluding hydrogens is 224 g/mol. The van der Waals surface area contributed by atoms with E-state index < -0.39 is 0 Å². The van der Waals surface area contributed by atoms with Crippen LogP contribution in [0.2, 0.25) is 0 Å². The number of nitrogens with one attached hydrogen (secondary N) is 1. The summed E-state index contributed by atoms with van der Waals surface area (Å²) >= 11 is 0. The molecule has 0 unspecified atom stereocenters. The summed E-state index contributed by atoms with van der Waals surface area (Å²) in [5.74, 6) is 0.945. The SMILES string of the molecule is CNCc1c(C)n(C)c2ccc(OC(C)C)cc12. The molecule has 0 atom stereocenters. The van der Waals surface area contributed by atoms with Crippen LogP contribution in [0, 0.1) is 6.92 Å². The van der Waals surface area contributed by atoms with E-state index in [1.807, 2.05) is 13.1 Å². The lowest BCUT2D eigenvalue weighted by atomic mass is 10.1. The third-order valence-electron chi connectivity index (χ3n) is 3.32. The molecule has 3 nitrogen and oxygen atoms in total. The van der Waals surface area contributed by atoms with Crippen molar-refractivity contribution in [3.8, 4) is 5.75 Å². The van der Waals surface area contributed by atoms with E-state index in [1.54, 1.807) is 0 Å². The van der Waals surface area contributed by atoms with E-state index in [2.05, 4.69) is 49.8 Å². The molecule has 0 spiro atoms. The molecule has 98 valence electrons. The fraction of sp³-hybridized carbons (Fsp3) is 0.467. The Bertz CT molecular complexity index is 555. The summed E-state index contributed by atoms with van der Waals surface area (Å²) in [7, 11) is 4.09. The van der Waals surface area contributed by atoms with Gasteiger partial charge >= 0.3 is 0 Å². The van der Waals surface area contributed by atoms with Crippen molar-refractivity contribution < 1.29 is 4.74 Å². The molecule has 0 aliphatic carbocycles. The van der Waals surface area contributed by atoms with Crippen LogP contribution in [-0.4, -0.2) is 17.7 Å². The van der Waals surface area contributed by atoms with Gasteiger partial charge < -0.3 is 14.6 Å². The predicted octanol–water partition coefficient (Wildman–Crippen LogP) is 2.99. The molecule has 1 N–H and O–H groups in total. The van der Waals surface area contributed by atoms with Gasteiger partial charge in [-0.15, -0.1) is 0 Å². The highest BCUT2D eigenvalue weighted by Crippen LogP contribution is 2.28. The number of ether oxygens (including phenoxy) is 1. The molecule has 2 rings (SSSR count). The van der Waals surface area contributed by atoms with Crippen LogP contribution >= 0.6 is 0 Å². The van der Waals surface area contributed by atoms with Gasteiger partial charge in [0.05, 0.1) is 6.10 Å². The number of fused-ring (bicyclic) bond motifs is 1. The van der Waals surface area contributed by atoms with E-state index in [9.17, 15) is 0 Å². The van der Waals surface area contributed by atoms with Crippen LogP contribution in [0.3, 0.4) is 0 Å². The molecule has 0 aliphatic heterocycles. The van der Waals surface area contributed by atoms with Crippen molar-refractivity contribution in [2.45, 2.75) is 33.4 Å². The standard InChI is InChI=1S/C15H22N2O/c1-10(2)18-12-6-7-15-13(8-12)14(9-16-4)11(3)17(15)5/h6-8,10,16H,9H2,1-5H3. The van der Waals surface area contributed by atoms with Crippen molar-refractivity contribution in [2.75, 3.05) is 7.05 Å². The van der Waals surface area contributed by atoms with Crippen LogP contribution in [0.4, 0.5) is 0 Å². The predicted molar refractivity (Wildman–Crippen MR) is 76.2 cm³/mol. The minimum atomic E-state index is 0.208. The monoisotopic (exact) mass is 246 g/mol. The summed E-state index contributed by atoms with van der Waals surface area (Å²) in [6, 6.07) is 6.33. The minimum absolute atomic E-state index is 0.208. The molecule has 0 saturated heterocycles. The van der Waals surface area contributed by atoms with Crippen LogP contribution in [0.5, 0.6) is 5.75 Å². The molecule has 1 aromatic heterocycles. The van der Waals surface area contributed by atoms with Gasteiger partial charge in [-0.2, -0.15) is 0 Å². The first-order chi connectivity index (χ1) is 8.54. The van der Waals surface area contributed by atoms with E-state index in [-0.39, 0.29) is 6.10 Å². The second-order valence-electron chi connectivity index (χ2n) is 5.00. The molecular formula is C15H22N2O. The van der Waals surface area contributed by atoms with Gasteiger partial charge in [-0.3, -0.25) is 0 Å². The van der Waals surface area contributed by atoms with Crippen LogP contribution in [0.15, 0.2) is 18.2 Å². The number of hydrogen-bond donors (Lipinski definition) is 1. The van der Waals surface area contributed by atoms with Crippen molar-refractivity contribution in [3.63, 3.8) is 0 Å². The highest BCUT2D eigenvalue weighted by molar-refractivity contribution is 5.86. The third-order valence-corrected chi connectivity index (χ3v) is 3.32. The molecule has 0 amide bonds. The molecule has 0 radical (unpaired) electrons. The number of aromatic nitrogens is 1. The summed E-state index contributed by atoms with van der Waals surface area (Å²) in [5.41, 5.74) is 3.92. The summed E-state index contributed by atoms with van der Waals surface area (Å²) in [6.45, 7) is 7.15. The van der Waals surface area contributed by atoms with Gasteiger partial charge in [-0.05, 0) is 51.6 Å². The zero-order chi connectivity index (χ0) is 13.3. The number of hydrogen-bond acceptors (Lipinski definition) is 2. The lowest BCUT2D eigenvalue weighted by Gasteiger charge is -2.10. The molecule has 18 heavy (non-hydrogen) atoms. The highest BCUT2D eigenvalue weighted by atomic mass is 16.5. The molecule has 0 bridgehead atoms. The van der Waals surface area contributed by atoms with Gasteiger partial charge in [0.25, 0.3) is 0 Å². The Kier molecular flexibility index (Phi) is 3.62. The molecule has 0 aliphatic rings. The molecule has 0 fully saturated rings. The summed E-state index contributed by atoms with van der Waals surface area (Å²) in [6.07, 6.45) is 0.208. The zero-order valence-electron chi connectivity index (χ0n) is 11.9. The van der Waals surface area contributed by atoms with Gasteiger partial charge in [0.1, 0.15) is 5.75 Å². The molecule has 2 aromatic rings. The van der Waals surface area contributed by atoms with Crippen LogP contribution in [0.25, 0.3) is 10.9 Å². The smallest absolute Gasteiger partial charge is 0.120 e. The quantitative estimate of drug-likeness (QED) is 0.897. The van der Waals surface area contributed by atoms with Gasteiger partial charge in [-0.1, -0.05) is 0 Å². The zero-order valence-corrected chi connectivity index (χ0v) is 11.9. The first-order valence-corrected chi connectivity index (χ1v) is 6.43. The normalized spacial score (nSPS) is 11.4. The van der Waals surface area contributed by atoms with Crippen LogP contribution in [0.1, 0.15) is 25.1 Å². The van der Waals surface area contributed by atoms with Gasteiger partial charge in [0.15, 0.2) is 0 Å². The summed E-state index contributed by atoms with van der Waals surface area (Å²) in [5, 5.41) is 4.52. The van der Waals surface area contributed by atoms with E-state index in [0.29, 0.717) is 0 Å². The average molecular weight is 246 g/mol. The lowest BCUT2D eigenvalue weighted by molar-refractivity contribution is 0.243. The topological polar surface area (TPSA) is 26.2 Å². The van der Waals surface area contributed by atoms with Crippen molar-refractivity contribution in [3.05, 3.63) is 29.5 Å². The maximum absolute atomic E-state index is 5.77. The van der Waals surface area contributed by atoms with Gasteiger partial charge in [0.2, 0.25) is 0 Å². The maximum Gasteiger partial charge on any atom is 0.120 e. The molecule has 0 saturated carbocycles. The molecule has 3 heteroatoms. The Morgan fingerprint density at radius 3 is 2.67 bits per heavy atom. The minimum Gasteiger partial charge on any atom is -0.491 e. The third kappa shape index (κ3) is 2.23. The molecule has 1 heterocycles. The Morgan fingerprint density at radius 1 is 1.33 bits per heavy atom. The van der Waals surface area contributed by atoms with Gasteiger partial charge in [-0.25, -0.2) is 0 Å². The highest BCUT2D eigenvalue weighted by Gasteiger charge is 2.12. The van der Waals surface area contributed by atoms with Crippen molar-refractivity contribution in [1.82, 2.24) is 9.88 Å². The summed E-state index contributed by atoms with van der Waals surface area (Å²) in [4.78, 5) is 0. The average Bonchev–Trinajstić information content (AvgIpc) is 2.54. The first-order valence-electron chi connectivity index (χ1n) is 6.43. The Morgan fingerprint density at radius 2 is 2.06 bits per heavy atom. The van der Waals surface area contributed by atoms with Gasteiger partial charge in [0, 0.05) is 30.2 Å². The summed E-state index contributed by atoms with van der Waals surface area (Å²) < 4.78 is 8.01. The van der Waals surface area contributed by atoms with Crippen LogP contribution < -0.4 is 10.1 Å². The van der Waals surface area contributed by atoms with E-state index in [1.165, 1.54) is 22.2 Å². The van der Waals surface area contributed by atoms with Crippen LogP contribution in [-0.2, 0) is 13.6 Å². The van der Waals surface area contributed by atoms with Crippen molar-refractivity contribution in [1.29, 1.82) is 0 Å². The lowest BCUT2D eigenvalue weighted by Crippen LogP contribution is -2.07. The Labute approximate surface area is 109 Å². The number of aryl methyl sites for hydroxylation is 1. The fourth-order valence-electron chi connectivity index (χ4n) is 2.37. The van der Waals surface area contributed by atoms with E-state index in [0.717, 1.165) is 12.3 Å². The Balaban J connectivity index is 2.56. The Hall–Kier alpha value is -1.48. The number of benzene rings is 1. The molecule has 1 aromatic carbocycles. The second kappa shape index (κ2) is 5.02. The van der Waals surface area contributed by atoms with Crippen molar-refractivity contribution >= 4 is 10.9 Å². The largest absolute Gasteiger partial charge is 0.491 e.